The molecule has 0 unspecified atom stereocenters. The van der Waals surface area contributed by atoms with Gasteiger partial charge in [0, 0.05) is 24.0 Å². The van der Waals surface area contributed by atoms with Crippen molar-refractivity contribution in [2.75, 3.05) is 0 Å². The molecular weight excluding hydrogens is 297 g/mol. The maximum absolute atomic E-state index is 12.8. The van der Waals surface area contributed by atoms with Crippen molar-refractivity contribution in [1.82, 2.24) is 10.6 Å². The van der Waals surface area contributed by atoms with Crippen LogP contribution in [0.3, 0.4) is 0 Å². The summed E-state index contributed by atoms with van der Waals surface area (Å²) in [4.78, 5) is 12.3. The number of rotatable bonds is 2. The van der Waals surface area contributed by atoms with E-state index in [-0.39, 0.29) is 43.6 Å². The lowest BCUT2D eigenvalue weighted by molar-refractivity contribution is -0.270. The van der Waals surface area contributed by atoms with Crippen LogP contribution >= 0.6 is 0 Å². The molecule has 1 amide bonds. The number of carbonyl (C=O) groups is 1. The number of halogens is 3. The summed E-state index contributed by atoms with van der Waals surface area (Å²) in [6.45, 7) is 0. The summed E-state index contributed by atoms with van der Waals surface area (Å²) in [5.41, 5.74) is -2.58. The molecular formula is C15H23F3N2O2. The first kappa shape index (κ1) is 16.1. The first-order valence-corrected chi connectivity index (χ1v) is 8.12. The Hall–Kier alpha value is -0.820. The van der Waals surface area contributed by atoms with Gasteiger partial charge in [-0.05, 0) is 51.4 Å². The predicted octanol–water partition coefficient (Wildman–Crippen LogP) is 1.87. The summed E-state index contributed by atoms with van der Waals surface area (Å²) < 4.78 is 38.3. The van der Waals surface area contributed by atoms with Crippen LogP contribution in [0, 0.1) is 5.92 Å². The zero-order valence-corrected chi connectivity index (χ0v) is 12.5. The first-order valence-electron chi connectivity index (χ1n) is 8.12. The molecule has 3 aliphatic rings. The van der Waals surface area contributed by atoms with E-state index in [4.69, 9.17) is 0 Å². The fourth-order valence-corrected chi connectivity index (χ4v) is 4.11. The quantitative estimate of drug-likeness (QED) is 0.728. The van der Waals surface area contributed by atoms with Gasteiger partial charge in [-0.3, -0.25) is 4.79 Å². The zero-order chi connectivity index (χ0) is 16.0. The van der Waals surface area contributed by atoms with Gasteiger partial charge in [0.2, 0.25) is 5.91 Å². The van der Waals surface area contributed by atoms with Crippen molar-refractivity contribution in [3.63, 3.8) is 0 Å². The average Bonchev–Trinajstić information content (AvgIpc) is 2.79. The van der Waals surface area contributed by atoms with E-state index in [0.717, 1.165) is 25.7 Å². The van der Waals surface area contributed by atoms with E-state index >= 15 is 0 Å². The van der Waals surface area contributed by atoms with Crippen molar-refractivity contribution in [2.45, 2.75) is 81.3 Å². The lowest BCUT2D eigenvalue weighted by Crippen LogP contribution is -2.52. The third-order valence-electron chi connectivity index (χ3n) is 5.53. The zero-order valence-electron chi connectivity index (χ0n) is 12.5. The summed E-state index contributed by atoms with van der Waals surface area (Å²) in [7, 11) is 0. The fraction of sp³-hybridized carbons (Fsp3) is 0.933. The minimum Gasteiger partial charge on any atom is -0.380 e. The van der Waals surface area contributed by atoms with Gasteiger partial charge in [-0.2, -0.15) is 13.2 Å². The number of piperidine rings is 1. The van der Waals surface area contributed by atoms with Crippen molar-refractivity contribution >= 4 is 5.91 Å². The van der Waals surface area contributed by atoms with Crippen LogP contribution in [0.4, 0.5) is 13.2 Å². The highest BCUT2D eigenvalue weighted by atomic mass is 19.4. The van der Waals surface area contributed by atoms with Crippen molar-refractivity contribution in [2.24, 2.45) is 5.92 Å². The van der Waals surface area contributed by atoms with Crippen LogP contribution in [0.5, 0.6) is 0 Å². The Morgan fingerprint density at radius 3 is 2.14 bits per heavy atom. The molecule has 2 aliphatic heterocycles. The molecule has 0 aromatic heterocycles. The molecule has 22 heavy (non-hydrogen) atoms. The molecule has 0 radical (unpaired) electrons. The fourth-order valence-electron chi connectivity index (χ4n) is 4.11. The summed E-state index contributed by atoms with van der Waals surface area (Å²) in [5.74, 6) is -0.0528. The molecule has 0 aromatic rings. The van der Waals surface area contributed by atoms with Crippen LogP contribution in [0.1, 0.15) is 51.4 Å². The molecule has 3 atom stereocenters. The van der Waals surface area contributed by atoms with E-state index in [0.29, 0.717) is 12.1 Å². The Labute approximate surface area is 127 Å². The summed E-state index contributed by atoms with van der Waals surface area (Å²) >= 11 is 0. The second kappa shape index (κ2) is 5.67. The van der Waals surface area contributed by atoms with Crippen molar-refractivity contribution in [1.29, 1.82) is 0 Å². The van der Waals surface area contributed by atoms with Gasteiger partial charge >= 0.3 is 6.18 Å². The Bertz CT molecular complexity index is 421. The second-order valence-corrected chi connectivity index (χ2v) is 7.12. The summed E-state index contributed by atoms with van der Waals surface area (Å²) in [6.07, 6.45) is -1.04. The Morgan fingerprint density at radius 2 is 1.64 bits per heavy atom. The van der Waals surface area contributed by atoms with Crippen LogP contribution in [0.15, 0.2) is 0 Å². The standard InChI is InChI=1S/C15H23F3N2O2/c16-15(17,18)14(22)5-3-10(4-6-14)20-13(21)9-7-11-1-2-12(8-9)19-11/h9-12,19,22H,1-8H2,(H,20,21)/t9-,10-,11-,12+,14-. The van der Waals surface area contributed by atoms with Gasteiger partial charge in [0.15, 0.2) is 5.60 Å². The number of hydrogen-bond donors (Lipinski definition) is 3. The molecule has 2 heterocycles. The number of hydrogen-bond acceptors (Lipinski definition) is 3. The van der Waals surface area contributed by atoms with Crippen molar-refractivity contribution < 1.29 is 23.1 Å². The number of fused-ring (bicyclic) bond motifs is 2. The molecule has 1 saturated carbocycles. The molecule has 2 bridgehead atoms. The van der Waals surface area contributed by atoms with Gasteiger partial charge in [0.1, 0.15) is 0 Å². The van der Waals surface area contributed by atoms with E-state index in [2.05, 4.69) is 10.6 Å². The van der Waals surface area contributed by atoms with Gasteiger partial charge < -0.3 is 15.7 Å². The normalized spacial score (nSPS) is 42.2. The monoisotopic (exact) mass is 320 g/mol. The number of carbonyl (C=O) groups excluding carboxylic acids is 1. The van der Waals surface area contributed by atoms with E-state index in [9.17, 15) is 23.1 Å². The molecule has 4 nitrogen and oxygen atoms in total. The highest BCUT2D eigenvalue weighted by Gasteiger charge is 2.54. The highest BCUT2D eigenvalue weighted by Crippen LogP contribution is 2.41. The molecule has 3 rings (SSSR count). The van der Waals surface area contributed by atoms with E-state index < -0.39 is 11.8 Å². The molecule has 0 spiro atoms. The van der Waals surface area contributed by atoms with Crippen LogP contribution in [-0.4, -0.2) is 40.9 Å². The minimum atomic E-state index is -4.59. The van der Waals surface area contributed by atoms with Gasteiger partial charge in [-0.25, -0.2) is 0 Å². The van der Waals surface area contributed by atoms with E-state index in [1.807, 2.05) is 0 Å². The lowest BCUT2D eigenvalue weighted by atomic mass is 9.81. The second-order valence-electron chi connectivity index (χ2n) is 7.12. The van der Waals surface area contributed by atoms with E-state index in [1.54, 1.807) is 0 Å². The van der Waals surface area contributed by atoms with Crippen LogP contribution < -0.4 is 10.6 Å². The Morgan fingerprint density at radius 1 is 1.09 bits per heavy atom. The van der Waals surface area contributed by atoms with Crippen molar-refractivity contribution in [3.8, 4) is 0 Å². The third kappa shape index (κ3) is 3.11. The number of amides is 1. The molecule has 0 aromatic carbocycles. The maximum Gasteiger partial charge on any atom is 0.417 e. The topological polar surface area (TPSA) is 61.4 Å². The van der Waals surface area contributed by atoms with Crippen molar-refractivity contribution in [3.05, 3.63) is 0 Å². The van der Waals surface area contributed by atoms with Gasteiger partial charge in [-0.15, -0.1) is 0 Å². The number of nitrogens with one attached hydrogen (secondary N) is 2. The van der Waals surface area contributed by atoms with Crippen LogP contribution in [0.25, 0.3) is 0 Å². The largest absolute Gasteiger partial charge is 0.417 e. The minimum absolute atomic E-state index is 0.0258. The average molecular weight is 320 g/mol. The summed E-state index contributed by atoms with van der Waals surface area (Å²) in [5, 5.41) is 16.0. The molecule has 3 fully saturated rings. The highest BCUT2D eigenvalue weighted by molar-refractivity contribution is 5.79. The van der Waals surface area contributed by atoms with E-state index in [1.165, 1.54) is 0 Å². The lowest BCUT2D eigenvalue weighted by Gasteiger charge is -2.38. The molecule has 1 aliphatic carbocycles. The first-order chi connectivity index (χ1) is 10.3. The van der Waals surface area contributed by atoms with Crippen LogP contribution in [0.2, 0.25) is 0 Å². The maximum atomic E-state index is 12.8. The molecule has 7 heteroatoms. The predicted molar refractivity (Wildman–Crippen MR) is 74.1 cm³/mol. The van der Waals surface area contributed by atoms with Gasteiger partial charge in [-0.1, -0.05) is 0 Å². The number of aliphatic hydroxyl groups is 1. The molecule has 2 saturated heterocycles. The smallest absolute Gasteiger partial charge is 0.380 e. The molecule has 126 valence electrons. The third-order valence-corrected chi connectivity index (χ3v) is 5.53. The Kier molecular flexibility index (Phi) is 4.14. The SMILES string of the molecule is O=C(N[C@H]1CC[C@@](O)(C(F)(F)F)CC1)[C@@H]1C[C@H]2CC[C@@H](C1)N2. The van der Waals surface area contributed by atoms with Crippen LogP contribution in [-0.2, 0) is 4.79 Å². The number of alkyl halides is 3. The Balaban J connectivity index is 1.49. The summed E-state index contributed by atoms with van der Waals surface area (Å²) in [6, 6.07) is 0.579. The molecule has 3 N–H and O–H groups in total. The van der Waals surface area contributed by atoms with Gasteiger partial charge in [0.25, 0.3) is 0 Å². The van der Waals surface area contributed by atoms with Gasteiger partial charge in [0.05, 0.1) is 0 Å².